The van der Waals surface area contributed by atoms with Crippen LogP contribution in [0.3, 0.4) is 0 Å². The molecule has 6 nitrogen and oxygen atoms in total. The van der Waals surface area contributed by atoms with Gasteiger partial charge in [-0.25, -0.2) is 0 Å². The van der Waals surface area contributed by atoms with Crippen molar-refractivity contribution in [2.75, 3.05) is 7.11 Å². The molecule has 2 rings (SSSR count). The van der Waals surface area contributed by atoms with E-state index < -0.39 is 0 Å². The predicted octanol–water partition coefficient (Wildman–Crippen LogP) is 4.12. The number of hydrogen-bond donors (Lipinski definition) is 2. The van der Waals surface area contributed by atoms with E-state index in [0.29, 0.717) is 30.4 Å². The Kier molecular flexibility index (Phi) is 9.87. The monoisotopic (exact) mass is 416 g/mol. The molecule has 166 valence electrons. The SMILES string of the molecule is COc1cc(CNC(=O)CCCC/C=C/C(C)C)ccc1OC(=O)[C@H]1CCC[C@H]1N. The van der Waals surface area contributed by atoms with Crippen LogP contribution in [0.4, 0.5) is 0 Å². The van der Waals surface area contributed by atoms with Crippen LogP contribution in [-0.2, 0) is 16.1 Å². The minimum Gasteiger partial charge on any atom is -0.493 e. The number of allylic oxidation sites excluding steroid dienone is 2. The number of ether oxygens (including phenoxy) is 2. The maximum atomic E-state index is 12.4. The van der Waals surface area contributed by atoms with Gasteiger partial charge in [-0.1, -0.05) is 38.5 Å². The molecule has 1 saturated carbocycles. The van der Waals surface area contributed by atoms with Gasteiger partial charge in [-0.15, -0.1) is 0 Å². The molecule has 0 aromatic heterocycles. The van der Waals surface area contributed by atoms with Gasteiger partial charge >= 0.3 is 5.97 Å². The molecule has 1 amide bonds. The molecule has 0 unspecified atom stereocenters. The van der Waals surface area contributed by atoms with Crippen LogP contribution in [0.25, 0.3) is 0 Å². The largest absolute Gasteiger partial charge is 0.493 e. The zero-order valence-electron chi connectivity index (χ0n) is 18.5. The third-order valence-electron chi connectivity index (χ3n) is 5.35. The van der Waals surface area contributed by atoms with Crippen LogP contribution in [0.5, 0.6) is 11.5 Å². The minimum absolute atomic E-state index is 0.0348. The molecule has 0 aliphatic heterocycles. The number of carbonyl (C=O) groups is 2. The Hall–Kier alpha value is -2.34. The van der Waals surface area contributed by atoms with Crippen LogP contribution < -0.4 is 20.5 Å². The van der Waals surface area contributed by atoms with Crippen LogP contribution in [0.15, 0.2) is 30.4 Å². The smallest absolute Gasteiger partial charge is 0.316 e. The van der Waals surface area contributed by atoms with Gasteiger partial charge in [0.1, 0.15) is 0 Å². The number of esters is 1. The molecule has 1 aromatic rings. The standard InChI is InChI=1S/C24H36N2O4/c1-17(2)9-6-4-5-7-12-23(27)26-16-18-13-14-21(22(15-18)29-3)30-24(28)19-10-8-11-20(19)25/h6,9,13-15,17,19-20H,4-5,7-8,10-12,16,25H2,1-3H3,(H,26,27)/b9-6+/t19-,20+/m0/s1. The first-order chi connectivity index (χ1) is 14.4. The molecule has 30 heavy (non-hydrogen) atoms. The quantitative estimate of drug-likeness (QED) is 0.245. The van der Waals surface area contributed by atoms with Gasteiger partial charge in [0, 0.05) is 19.0 Å². The second-order valence-corrected chi connectivity index (χ2v) is 8.30. The molecule has 1 aromatic carbocycles. The van der Waals surface area contributed by atoms with Crippen LogP contribution in [0.2, 0.25) is 0 Å². The van der Waals surface area contributed by atoms with Crippen molar-refractivity contribution < 1.29 is 19.1 Å². The van der Waals surface area contributed by atoms with E-state index in [9.17, 15) is 9.59 Å². The predicted molar refractivity (Wildman–Crippen MR) is 118 cm³/mol. The summed E-state index contributed by atoms with van der Waals surface area (Å²) in [6.45, 7) is 4.71. The molecule has 1 fully saturated rings. The van der Waals surface area contributed by atoms with Gasteiger partial charge in [-0.05, 0) is 55.7 Å². The number of unbranched alkanes of at least 4 members (excludes halogenated alkanes) is 2. The lowest BCUT2D eigenvalue weighted by Crippen LogP contribution is -2.33. The Bertz CT molecular complexity index is 730. The Morgan fingerprint density at radius 3 is 2.70 bits per heavy atom. The van der Waals surface area contributed by atoms with E-state index in [2.05, 4.69) is 31.3 Å². The van der Waals surface area contributed by atoms with E-state index in [1.54, 1.807) is 12.1 Å². The summed E-state index contributed by atoms with van der Waals surface area (Å²) in [6, 6.07) is 5.19. The minimum atomic E-state index is -0.303. The van der Waals surface area contributed by atoms with E-state index in [0.717, 1.165) is 44.1 Å². The molecule has 0 radical (unpaired) electrons. The number of methoxy groups -OCH3 is 1. The molecular formula is C24H36N2O4. The van der Waals surface area contributed by atoms with Gasteiger partial charge in [0.15, 0.2) is 11.5 Å². The fourth-order valence-corrected chi connectivity index (χ4v) is 3.58. The molecule has 0 spiro atoms. The molecule has 1 aliphatic rings. The lowest BCUT2D eigenvalue weighted by atomic mass is 10.1. The van der Waals surface area contributed by atoms with Gasteiger partial charge < -0.3 is 20.5 Å². The summed E-state index contributed by atoms with van der Waals surface area (Å²) < 4.78 is 10.9. The highest BCUT2D eigenvalue weighted by molar-refractivity contribution is 5.77. The lowest BCUT2D eigenvalue weighted by molar-refractivity contribution is -0.139. The second-order valence-electron chi connectivity index (χ2n) is 8.30. The molecule has 2 atom stereocenters. The summed E-state index contributed by atoms with van der Waals surface area (Å²) >= 11 is 0. The number of amides is 1. The molecule has 1 aliphatic carbocycles. The normalized spacial score (nSPS) is 18.7. The zero-order valence-corrected chi connectivity index (χ0v) is 18.5. The highest BCUT2D eigenvalue weighted by Crippen LogP contribution is 2.31. The summed E-state index contributed by atoms with van der Waals surface area (Å²) in [6.07, 6.45) is 10.3. The first kappa shape index (κ1) is 23.9. The Morgan fingerprint density at radius 1 is 1.23 bits per heavy atom. The van der Waals surface area contributed by atoms with E-state index in [1.807, 2.05) is 6.07 Å². The molecular weight excluding hydrogens is 380 g/mol. The van der Waals surface area contributed by atoms with Gasteiger partial charge in [-0.2, -0.15) is 0 Å². The van der Waals surface area contributed by atoms with Crippen molar-refractivity contribution in [3.8, 4) is 11.5 Å². The number of nitrogens with one attached hydrogen (secondary N) is 1. The molecule has 0 saturated heterocycles. The fraction of sp³-hybridized carbons (Fsp3) is 0.583. The van der Waals surface area contributed by atoms with Gasteiger partial charge in [0.25, 0.3) is 0 Å². The van der Waals surface area contributed by atoms with E-state index in [-0.39, 0.29) is 23.8 Å². The van der Waals surface area contributed by atoms with Crippen LogP contribution in [0.1, 0.15) is 64.4 Å². The maximum absolute atomic E-state index is 12.4. The fourth-order valence-electron chi connectivity index (χ4n) is 3.58. The summed E-state index contributed by atoms with van der Waals surface area (Å²) in [4.78, 5) is 24.4. The molecule has 0 heterocycles. The average molecular weight is 417 g/mol. The Balaban J connectivity index is 1.78. The van der Waals surface area contributed by atoms with Crippen molar-refractivity contribution in [1.82, 2.24) is 5.32 Å². The topological polar surface area (TPSA) is 90.6 Å². The Labute approximate surface area is 180 Å². The number of carbonyl (C=O) groups excluding carboxylic acids is 2. The third-order valence-corrected chi connectivity index (χ3v) is 5.35. The van der Waals surface area contributed by atoms with E-state index >= 15 is 0 Å². The second kappa shape index (κ2) is 12.4. The first-order valence-electron chi connectivity index (χ1n) is 11.0. The van der Waals surface area contributed by atoms with Crippen molar-refractivity contribution in [2.45, 2.75) is 71.4 Å². The summed E-state index contributed by atoms with van der Waals surface area (Å²) in [5.41, 5.74) is 6.88. The van der Waals surface area contributed by atoms with Crippen LogP contribution in [0, 0.1) is 11.8 Å². The highest BCUT2D eigenvalue weighted by atomic mass is 16.6. The maximum Gasteiger partial charge on any atom is 0.316 e. The molecule has 3 N–H and O–H groups in total. The van der Waals surface area contributed by atoms with Crippen molar-refractivity contribution in [3.05, 3.63) is 35.9 Å². The van der Waals surface area contributed by atoms with Crippen molar-refractivity contribution in [1.29, 1.82) is 0 Å². The van der Waals surface area contributed by atoms with Gasteiger partial charge in [0.2, 0.25) is 5.91 Å². The average Bonchev–Trinajstić information content (AvgIpc) is 3.15. The van der Waals surface area contributed by atoms with Crippen LogP contribution in [-0.4, -0.2) is 25.0 Å². The third kappa shape index (κ3) is 7.82. The first-order valence-corrected chi connectivity index (χ1v) is 11.0. The number of rotatable bonds is 11. The highest BCUT2D eigenvalue weighted by Gasteiger charge is 2.32. The van der Waals surface area contributed by atoms with Gasteiger partial charge in [0.05, 0.1) is 13.0 Å². The van der Waals surface area contributed by atoms with Crippen LogP contribution >= 0.6 is 0 Å². The summed E-state index contributed by atoms with van der Waals surface area (Å²) in [5.74, 6) is 0.898. The molecule has 0 bridgehead atoms. The number of benzene rings is 1. The number of hydrogen-bond acceptors (Lipinski definition) is 5. The Morgan fingerprint density at radius 2 is 2.03 bits per heavy atom. The van der Waals surface area contributed by atoms with Gasteiger partial charge in [-0.3, -0.25) is 9.59 Å². The van der Waals surface area contributed by atoms with Crippen molar-refractivity contribution in [3.63, 3.8) is 0 Å². The zero-order chi connectivity index (χ0) is 21.9. The summed E-state index contributed by atoms with van der Waals surface area (Å²) in [7, 11) is 1.53. The van der Waals surface area contributed by atoms with Crippen molar-refractivity contribution >= 4 is 11.9 Å². The van der Waals surface area contributed by atoms with E-state index in [4.69, 9.17) is 15.2 Å². The molecule has 6 heteroatoms. The summed E-state index contributed by atoms with van der Waals surface area (Å²) in [5, 5.41) is 2.93. The lowest BCUT2D eigenvalue weighted by Gasteiger charge is -2.16. The van der Waals surface area contributed by atoms with E-state index in [1.165, 1.54) is 7.11 Å². The van der Waals surface area contributed by atoms with Crippen molar-refractivity contribution in [2.24, 2.45) is 17.6 Å². The number of nitrogens with two attached hydrogens (primary N) is 1.